The molecule has 0 amide bonds. The Balaban J connectivity index is 1.73. The van der Waals surface area contributed by atoms with E-state index >= 15 is 0 Å². The minimum absolute atomic E-state index is 0.0916. The van der Waals surface area contributed by atoms with E-state index in [-0.39, 0.29) is 30.8 Å². The molecule has 198 valence electrons. The highest BCUT2D eigenvalue weighted by atomic mass is 16.4. The molecule has 0 aromatic rings. The highest BCUT2D eigenvalue weighted by molar-refractivity contribution is 5.31. The summed E-state index contributed by atoms with van der Waals surface area (Å²) in [6.45, 7) is 7.65. The summed E-state index contributed by atoms with van der Waals surface area (Å²) in [5, 5.41) is 89.8. The van der Waals surface area contributed by atoms with Crippen LogP contribution < -0.4 is 0 Å². The van der Waals surface area contributed by atoms with Gasteiger partial charge in [0.25, 0.3) is 0 Å². The van der Waals surface area contributed by atoms with Gasteiger partial charge in [0, 0.05) is 17.3 Å². The van der Waals surface area contributed by atoms with Crippen molar-refractivity contribution in [3.63, 3.8) is 0 Å². The second-order valence-electron chi connectivity index (χ2n) is 12.7. The summed E-state index contributed by atoms with van der Waals surface area (Å²) in [7, 11) is 0. The van der Waals surface area contributed by atoms with E-state index in [2.05, 4.69) is 6.92 Å². The van der Waals surface area contributed by atoms with Crippen LogP contribution in [0.4, 0.5) is 0 Å². The first-order chi connectivity index (χ1) is 15.6. The van der Waals surface area contributed by atoms with Gasteiger partial charge in [-0.05, 0) is 69.1 Å². The lowest BCUT2D eigenvalue weighted by molar-refractivity contribution is -0.372. The molecule has 34 heavy (non-hydrogen) atoms. The van der Waals surface area contributed by atoms with Crippen molar-refractivity contribution in [1.82, 2.24) is 0 Å². The normalized spacial score (nSPS) is 56.8. The molecule has 0 spiro atoms. The first-order valence-electron chi connectivity index (χ1n) is 13.2. The predicted molar refractivity (Wildman–Crippen MR) is 124 cm³/mol. The van der Waals surface area contributed by atoms with Crippen LogP contribution in [0, 0.1) is 28.6 Å². The highest BCUT2D eigenvalue weighted by Crippen LogP contribution is 2.72. The lowest BCUT2D eigenvalue weighted by Gasteiger charge is -2.71. The third kappa shape index (κ3) is 3.06. The molecule has 4 aliphatic rings. The van der Waals surface area contributed by atoms with Gasteiger partial charge in [0.05, 0.1) is 24.4 Å². The van der Waals surface area contributed by atoms with Crippen LogP contribution in [0.5, 0.6) is 0 Å². The zero-order chi connectivity index (χ0) is 25.5. The fourth-order valence-corrected chi connectivity index (χ4v) is 9.22. The number of hydrogen-bond donors (Lipinski definition) is 8. The Morgan fingerprint density at radius 2 is 1.50 bits per heavy atom. The average Bonchev–Trinajstić information content (AvgIpc) is 3.00. The largest absolute Gasteiger partial charge is 0.393 e. The van der Waals surface area contributed by atoms with Crippen molar-refractivity contribution in [2.24, 2.45) is 28.6 Å². The molecular formula is C26H46O8. The molecule has 8 heteroatoms. The summed E-state index contributed by atoms with van der Waals surface area (Å²) in [5.74, 6) is -0.673. The van der Waals surface area contributed by atoms with Gasteiger partial charge in [0.2, 0.25) is 0 Å². The Morgan fingerprint density at radius 1 is 0.882 bits per heavy atom. The fourth-order valence-electron chi connectivity index (χ4n) is 9.22. The van der Waals surface area contributed by atoms with Crippen molar-refractivity contribution in [1.29, 1.82) is 0 Å². The summed E-state index contributed by atoms with van der Waals surface area (Å²) < 4.78 is 0. The highest BCUT2D eigenvalue weighted by Gasteiger charge is 2.81. The van der Waals surface area contributed by atoms with Crippen LogP contribution in [0.2, 0.25) is 0 Å². The number of fused-ring (bicyclic) bond motifs is 5. The number of aliphatic hydroxyl groups is 8. The van der Waals surface area contributed by atoms with E-state index < -0.39 is 64.4 Å². The van der Waals surface area contributed by atoms with E-state index in [9.17, 15) is 40.9 Å². The van der Waals surface area contributed by atoms with Gasteiger partial charge in [0.1, 0.15) is 22.9 Å². The van der Waals surface area contributed by atoms with E-state index in [0.29, 0.717) is 32.1 Å². The smallest absolute Gasteiger partial charge is 0.125 e. The maximum atomic E-state index is 12.3. The van der Waals surface area contributed by atoms with Gasteiger partial charge >= 0.3 is 0 Å². The van der Waals surface area contributed by atoms with Gasteiger partial charge in [-0.15, -0.1) is 0 Å². The predicted octanol–water partition coefficient (Wildman–Crippen LogP) is 0.450. The van der Waals surface area contributed by atoms with Crippen molar-refractivity contribution < 1.29 is 40.9 Å². The van der Waals surface area contributed by atoms with Crippen LogP contribution in [-0.2, 0) is 0 Å². The van der Waals surface area contributed by atoms with Crippen LogP contribution in [0.25, 0.3) is 0 Å². The van der Waals surface area contributed by atoms with Crippen molar-refractivity contribution in [2.45, 2.75) is 133 Å². The number of hydrogen-bond acceptors (Lipinski definition) is 8. The van der Waals surface area contributed by atoms with Gasteiger partial charge < -0.3 is 40.9 Å². The minimum atomic E-state index is -2.03. The maximum Gasteiger partial charge on any atom is 0.125 e. The van der Waals surface area contributed by atoms with Crippen LogP contribution >= 0.6 is 0 Å². The molecule has 8 N–H and O–H groups in total. The van der Waals surface area contributed by atoms with Crippen molar-refractivity contribution in [2.75, 3.05) is 0 Å². The van der Waals surface area contributed by atoms with Crippen molar-refractivity contribution >= 4 is 0 Å². The lowest BCUT2D eigenvalue weighted by atomic mass is 9.38. The number of aliphatic hydroxyl groups excluding tert-OH is 5. The fraction of sp³-hybridized carbons (Fsp3) is 1.00. The third-order valence-corrected chi connectivity index (χ3v) is 11.4. The average molecular weight is 487 g/mol. The molecule has 4 rings (SSSR count). The van der Waals surface area contributed by atoms with E-state index in [1.54, 1.807) is 6.92 Å². The monoisotopic (exact) mass is 486 g/mol. The Kier molecular flexibility index (Phi) is 6.56. The van der Waals surface area contributed by atoms with Gasteiger partial charge in [-0.1, -0.05) is 27.7 Å². The van der Waals surface area contributed by atoms with Crippen LogP contribution in [0.1, 0.15) is 85.5 Å². The van der Waals surface area contributed by atoms with Gasteiger partial charge in [-0.25, -0.2) is 0 Å². The van der Waals surface area contributed by atoms with E-state index in [1.807, 2.05) is 13.8 Å². The van der Waals surface area contributed by atoms with Gasteiger partial charge in [-0.3, -0.25) is 0 Å². The molecule has 0 aromatic carbocycles. The molecule has 4 saturated carbocycles. The molecule has 0 saturated heterocycles. The van der Waals surface area contributed by atoms with E-state index in [0.717, 1.165) is 6.42 Å². The second-order valence-corrected chi connectivity index (χ2v) is 12.7. The molecule has 0 aliphatic heterocycles. The molecule has 4 aliphatic carbocycles. The molecule has 0 heterocycles. The van der Waals surface area contributed by atoms with Crippen LogP contribution in [0.3, 0.4) is 0 Å². The summed E-state index contributed by atoms with van der Waals surface area (Å²) in [6.07, 6.45) is -2.54. The standard InChI is InChI=1S/C26H46O8/c1-5-15(27)7-6-14(2)16-12-19(29)26(34)22(16,3)11-9-18-23(4)10-8-17(28)21(31)25(23,33)20(30)13-24(18,26)32/h14-21,27-34H,5-13H2,1-4H3/t14-,15-,16-,17+,18?,19+,20+,21+,22-,23-,24+,25-,26+/m1/s1. The molecule has 0 aromatic heterocycles. The topological polar surface area (TPSA) is 162 Å². The SMILES string of the molecule is CC[C@@H](O)CC[C@@H](C)[C@H]1C[C@H](O)[C@@]2(O)[C@]3(O)C[C@H](O)[C@@]4(O)[C@@H](O)[C@@H](O)CC[C@]4(C)C3CC[C@]12C. The molecule has 1 unspecified atom stereocenters. The van der Waals surface area contributed by atoms with Crippen LogP contribution in [-0.4, -0.2) is 88.2 Å². The molecule has 4 fully saturated rings. The zero-order valence-corrected chi connectivity index (χ0v) is 21.1. The van der Waals surface area contributed by atoms with Gasteiger partial charge in [0.15, 0.2) is 0 Å². The first-order valence-corrected chi connectivity index (χ1v) is 13.2. The van der Waals surface area contributed by atoms with Crippen molar-refractivity contribution in [3.05, 3.63) is 0 Å². The molecule has 13 atom stereocenters. The maximum absolute atomic E-state index is 12.3. The number of rotatable bonds is 5. The Bertz CT molecular complexity index is 780. The molecule has 0 bridgehead atoms. The quantitative estimate of drug-likeness (QED) is 0.278. The molecule has 0 radical (unpaired) electrons. The van der Waals surface area contributed by atoms with E-state index in [4.69, 9.17) is 0 Å². The zero-order valence-electron chi connectivity index (χ0n) is 21.1. The van der Waals surface area contributed by atoms with E-state index in [1.165, 1.54) is 0 Å². The molecule has 8 nitrogen and oxygen atoms in total. The summed E-state index contributed by atoms with van der Waals surface area (Å²) in [4.78, 5) is 0. The van der Waals surface area contributed by atoms with Crippen molar-refractivity contribution in [3.8, 4) is 0 Å². The Labute approximate surface area is 202 Å². The summed E-state index contributed by atoms with van der Waals surface area (Å²) in [5.41, 5.74) is -7.80. The Hall–Kier alpha value is -0.320. The second kappa shape index (κ2) is 8.35. The summed E-state index contributed by atoms with van der Waals surface area (Å²) in [6, 6.07) is 0. The first kappa shape index (κ1) is 26.7. The van der Waals surface area contributed by atoms with Gasteiger partial charge in [-0.2, -0.15) is 0 Å². The Morgan fingerprint density at radius 3 is 2.12 bits per heavy atom. The molecular weight excluding hydrogens is 440 g/mol. The van der Waals surface area contributed by atoms with Crippen LogP contribution in [0.15, 0.2) is 0 Å². The minimum Gasteiger partial charge on any atom is -0.393 e. The lowest BCUT2D eigenvalue weighted by Crippen LogP contribution is -2.83. The summed E-state index contributed by atoms with van der Waals surface area (Å²) >= 11 is 0. The third-order valence-electron chi connectivity index (χ3n) is 11.4.